The molecule has 3 heterocycles. The van der Waals surface area contributed by atoms with Crippen molar-refractivity contribution in [2.24, 2.45) is 7.05 Å². The van der Waals surface area contributed by atoms with Crippen LogP contribution in [0.15, 0.2) is 6.33 Å². The fourth-order valence-corrected chi connectivity index (χ4v) is 2.35. The maximum Gasteiger partial charge on any atom is 0.182 e. The standard InChI is InChI=1S/C10H16N4O2/c1-13-8-11-12-9(13)6-14-3-2-10(7-14)15-4-5-16-10/h8H,2-7H2,1H3. The van der Waals surface area contributed by atoms with Crippen molar-refractivity contribution in [3.05, 3.63) is 12.2 Å². The number of nitrogens with zero attached hydrogens (tertiary/aromatic N) is 4. The van der Waals surface area contributed by atoms with Crippen LogP contribution in [0.25, 0.3) is 0 Å². The number of likely N-dealkylation sites (tertiary alicyclic amines) is 1. The van der Waals surface area contributed by atoms with Gasteiger partial charge in [0, 0.05) is 20.0 Å². The Morgan fingerprint density at radius 3 is 2.94 bits per heavy atom. The summed E-state index contributed by atoms with van der Waals surface area (Å²) in [7, 11) is 1.96. The van der Waals surface area contributed by atoms with Gasteiger partial charge in [0.25, 0.3) is 0 Å². The lowest BCUT2D eigenvalue weighted by Gasteiger charge is -2.22. The SMILES string of the molecule is Cn1cnnc1CN1CCC2(C1)OCCO2. The van der Waals surface area contributed by atoms with Gasteiger partial charge in [-0.25, -0.2) is 0 Å². The van der Waals surface area contributed by atoms with Gasteiger partial charge in [0.2, 0.25) is 0 Å². The fourth-order valence-electron chi connectivity index (χ4n) is 2.35. The second-order valence-electron chi connectivity index (χ2n) is 4.43. The molecule has 0 N–H and O–H groups in total. The molecule has 2 fully saturated rings. The maximum absolute atomic E-state index is 5.67. The van der Waals surface area contributed by atoms with Crippen LogP contribution in [0.4, 0.5) is 0 Å². The number of aryl methyl sites for hydroxylation is 1. The van der Waals surface area contributed by atoms with Crippen molar-refractivity contribution in [1.29, 1.82) is 0 Å². The lowest BCUT2D eigenvalue weighted by Crippen LogP contribution is -2.34. The minimum absolute atomic E-state index is 0.335. The van der Waals surface area contributed by atoms with Crippen LogP contribution in [-0.4, -0.2) is 51.8 Å². The number of ether oxygens (including phenoxy) is 2. The Kier molecular flexibility index (Phi) is 2.42. The van der Waals surface area contributed by atoms with Gasteiger partial charge in [-0.3, -0.25) is 4.90 Å². The summed E-state index contributed by atoms with van der Waals surface area (Å²) >= 11 is 0. The molecule has 3 rings (SSSR count). The van der Waals surface area contributed by atoms with E-state index >= 15 is 0 Å². The van der Waals surface area contributed by atoms with E-state index in [1.165, 1.54) is 0 Å². The van der Waals surface area contributed by atoms with Crippen molar-refractivity contribution in [3.63, 3.8) is 0 Å². The van der Waals surface area contributed by atoms with Crippen LogP contribution in [0.2, 0.25) is 0 Å². The molecule has 88 valence electrons. The summed E-state index contributed by atoms with van der Waals surface area (Å²) in [6.45, 7) is 4.08. The van der Waals surface area contributed by atoms with Gasteiger partial charge in [-0.05, 0) is 0 Å². The summed E-state index contributed by atoms with van der Waals surface area (Å²) in [5, 5.41) is 7.96. The highest BCUT2D eigenvalue weighted by molar-refractivity contribution is 4.91. The van der Waals surface area contributed by atoms with Crippen LogP contribution in [0.3, 0.4) is 0 Å². The molecule has 6 nitrogen and oxygen atoms in total. The molecule has 1 aromatic heterocycles. The second kappa shape index (κ2) is 3.80. The van der Waals surface area contributed by atoms with Crippen molar-refractivity contribution in [2.45, 2.75) is 18.8 Å². The summed E-state index contributed by atoms with van der Waals surface area (Å²) < 4.78 is 13.3. The molecule has 0 saturated carbocycles. The van der Waals surface area contributed by atoms with E-state index in [2.05, 4.69) is 15.1 Å². The Labute approximate surface area is 94.2 Å². The van der Waals surface area contributed by atoms with Crippen molar-refractivity contribution in [1.82, 2.24) is 19.7 Å². The normalized spacial score (nSPS) is 24.6. The van der Waals surface area contributed by atoms with Crippen molar-refractivity contribution >= 4 is 0 Å². The highest BCUT2D eigenvalue weighted by Gasteiger charge is 2.43. The molecular weight excluding hydrogens is 208 g/mol. The molecule has 2 aliphatic rings. The molecule has 0 unspecified atom stereocenters. The molecule has 1 spiro atoms. The highest BCUT2D eigenvalue weighted by atomic mass is 16.7. The average molecular weight is 224 g/mol. The molecule has 0 aromatic carbocycles. The van der Waals surface area contributed by atoms with Gasteiger partial charge < -0.3 is 14.0 Å². The topological polar surface area (TPSA) is 52.4 Å². The molecule has 0 amide bonds. The van der Waals surface area contributed by atoms with Gasteiger partial charge in [-0.15, -0.1) is 10.2 Å². The molecule has 2 aliphatic heterocycles. The van der Waals surface area contributed by atoms with E-state index in [4.69, 9.17) is 9.47 Å². The molecule has 2 saturated heterocycles. The monoisotopic (exact) mass is 224 g/mol. The number of aromatic nitrogens is 3. The number of rotatable bonds is 2. The van der Waals surface area contributed by atoms with E-state index in [-0.39, 0.29) is 5.79 Å². The minimum Gasteiger partial charge on any atom is -0.346 e. The third-order valence-electron chi connectivity index (χ3n) is 3.26. The van der Waals surface area contributed by atoms with Crippen LogP contribution in [0.1, 0.15) is 12.2 Å². The molecule has 16 heavy (non-hydrogen) atoms. The van der Waals surface area contributed by atoms with Crippen LogP contribution in [0, 0.1) is 0 Å². The van der Waals surface area contributed by atoms with E-state index in [0.29, 0.717) is 0 Å². The third kappa shape index (κ3) is 1.73. The van der Waals surface area contributed by atoms with E-state index in [9.17, 15) is 0 Å². The molecule has 0 radical (unpaired) electrons. The Morgan fingerprint density at radius 1 is 1.44 bits per heavy atom. The van der Waals surface area contributed by atoms with Gasteiger partial charge in [-0.1, -0.05) is 0 Å². The lowest BCUT2D eigenvalue weighted by atomic mass is 10.2. The molecule has 0 bridgehead atoms. The van der Waals surface area contributed by atoms with Gasteiger partial charge in [0.05, 0.1) is 26.3 Å². The quantitative estimate of drug-likeness (QED) is 0.694. The fraction of sp³-hybridized carbons (Fsp3) is 0.800. The minimum atomic E-state index is -0.335. The first-order valence-corrected chi connectivity index (χ1v) is 5.61. The van der Waals surface area contributed by atoms with Crippen molar-refractivity contribution < 1.29 is 9.47 Å². The zero-order chi connectivity index (χ0) is 11.0. The molecule has 1 aromatic rings. The third-order valence-corrected chi connectivity index (χ3v) is 3.26. The van der Waals surface area contributed by atoms with E-state index in [0.717, 1.165) is 45.1 Å². The number of hydrogen-bond donors (Lipinski definition) is 0. The summed E-state index contributed by atoms with van der Waals surface area (Å²) in [6, 6.07) is 0. The van der Waals surface area contributed by atoms with Gasteiger partial charge in [-0.2, -0.15) is 0 Å². The van der Waals surface area contributed by atoms with Crippen LogP contribution < -0.4 is 0 Å². The largest absolute Gasteiger partial charge is 0.346 e. The van der Waals surface area contributed by atoms with Crippen LogP contribution in [-0.2, 0) is 23.1 Å². The summed E-state index contributed by atoms with van der Waals surface area (Å²) in [5.41, 5.74) is 0. The van der Waals surface area contributed by atoms with Gasteiger partial charge in [0.15, 0.2) is 5.79 Å². The average Bonchev–Trinajstić information content (AvgIpc) is 2.96. The van der Waals surface area contributed by atoms with E-state index < -0.39 is 0 Å². The zero-order valence-electron chi connectivity index (χ0n) is 9.43. The van der Waals surface area contributed by atoms with Crippen LogP contribution >= 0.6 is 0 Å². The van der Waals surface area contributed by atoms with Crippen LogP contribution in [0.5, 0.6) is 0 Å². The van der Waals surface area contributed by atoms with Crippen molar-refractivity contribution in [2.75, 3.05) is 26.3 Å². The summed E-state index contributed by atoms with van der Waals surface area (Å²) in [6.07, 6.45) is 2.68. The smallest absolute Gasteiger partial charge is 0.182 e. The molecule has 0 atom stereocenters. The highest BCUT2D eigenvalue weighted by Crippen LogP contribution is 2.30. The number of hydrogen-bond acceptors (Lipinski definition) is 5. The maximum atomic E-state index is 5.67. The van der Waals surface area contributed by atoms with Gasteiger partial charge >= 0.3 is 0 Å². The lowest BCUT2D eigenvalue weighted by molar-refractivity contribution is -0.145. The first-order valence-electron chi connectivity index (χ1n) is 5.61. The first-order chi connectivity index (χ1) is 7.77. The predicted octanol–water partition coefficient (Wildman–Crippen LogP) is -0.236. The summed E-state index contributed by atoms with van der Waals surface area (Å²) in [4.78, 5) is 2.30. The molecule has 6 heteroatoms. The molecule has 0 aliphatic carbocycles. The predicted molar refractivity (Wildman–Crippen MR) is 55.5 cm³/mol. The second-order valence-corrected chi connectivity index (χ2v) is 4.43. The van der Waals surface area contributed by atoms with Crippen molar-refractivity contribution in [3.8, 4) is 0 Å². The Hall–Kier alpha value is -0.980. The van der Waals surface area contributed by atoms with Gasteiger partial charge in [0.1, 0.15) is 12.2 Å². The Balaban J connectivity index is 1.64. The summed E-state index contributed by atoms with van der Waals surface area (Å²) in [5.74, 6) is 0.647. The van der Waals surface area contributed by atoms with E-state index in [1.54, 1.807) is 6.33 Å². The van der Waals surface area contributed by atoms with E-state index in [1.807, 2.05) is 11.6 Å². The first kappa shape index (κ1) is 10.2. The molecular formula is C10H16N4O2. The Bertz CT molecular complexity index is 373. The Morgan fingerprint density at radius 2 is 2.25 bits per heavy atom. The zero-order valence-corrected chi connectivity index (χ0v) is 9.43.